The molecule has 0 radical (unpaired) electrons. The number of anilines is 1. The average Bonchev–Trinajstić information content (AvgIpc) is 2.71. The van der Waals surface area contributed by atoms with Gasteiger partial charge >= 0.3 is 0 Å². The smallest absolute Gasteiger partial charge is 0.128 e. The number of hydrogen-bond acceptors (Lipinski definition) is 5. The highest BCUT2D eigenvalue weighted by atomic mass is 16.5. The Labute approximate surface area is 155 Å². The van der Waals surface area contributed by atoms with E-state index in [1.54, 1.807) is 14.2 Å². The number of nitrogens with one attached hydrogen (secondary N) is 1. The van der Waals surface area contributed by atoms with E-state index in [1.165, 1.54) is 25.9 Å². The van der Waals surface area contributed by atoms with E-state index < -0.39 is 0 Å². The zero-order chi connectivity index (χ0) is 18.1. The van der Waals surface area contributed by atoms with Gasteiger partial charge in [-0.15, -0.1) is 0 Å². The van der Waals surface area contributed by atoms with Gasteiger partial charge in [0.25, 0.3) is 0 Å². The summed E-state index contributed by atoms with van der Waals surface area (Å²) in [5.74, 6) is 2.36. The molecule has 0 amide bonds. The van der Waals surface area contributed by atoms with Crippen molar-refractivity contribution in [2.75, 3.05) is 32.6 Å². The third-order valence-electron chi connectivity index (χ3n) is 5.96. The third kappa shape index (κ3) is 3.12. The summed E-state index contributed by atoms with van der Waals surface area (Å²) < 4.78 is 10.8. The second-order valence-corrected chi connectivity index (χ2v) is 7.28. The number of ether oxygens (including phenoxy) is 2. The number of fused-ring (bicyclic) bond motifs is 3. The van der Waals surface area contributed by atoms with Crippen LogP contribution in [0.1, 0.15) is 19.8 Å². The third-order valence-corrected chi connectivity index (χ3v) is 5.96. The summed E-state index contributed by atoms with van der Waals surface area (Å²) in [6.45, 7) is 4.83. The van der Waals surface area contributed by atoms with Crippen LogP contribution in [0, 0.1) is 5.92 Å². The molecule has 5 rings (SSSR count). The molecule has 2 unspecified atom stereocenters. The molecule has 2 aromatic rings. The second-order valence-electron chi connectivity index (χ2n) is 7.28. The van der Waals surface area contributed by atoms with Crippen LogP contribution < -0.4 is 14.8 Å². The molecule has 3 saturated heterocycles. The minimum Gasteiger partial charge on any atom is -0.497 e. The van der Waals surface area contributed by atoms with Crippen LogP contribution in [0.15, 0.2) is 36.5 Å². The molecule has 0 saturated carbocycles. The van der Waals surface area contributed by atoms with Crippen LogP contribution in [0.2, 0.25) is 0 Å². The lowest BCUT2D eigenvalue weighted by molar-refractivity contribution is 0.0458. The van der Waals surface area contributed by atoms with Crippen molar-refractivity contribution in [1.29, 1.82) is 0 Å². The number of hydrogen-bond donors (Lipinski definition) is 1. The zero-order valence-electron chi connectivity index (χ0n) is 15.7. The minimum atomic E-state index is 0.511. The lowest BCUT2D eigenvalue weighted by Crippen LogP contribution is -2.59. The van der Waals surface area contributed by atoms with Gasteiger partial charge in [0.1, 0.15) is 11.5 Å². The van der Waals surface area contributed by atoms with Crippen LogP contribution in [-0.4, -0.2) is 49.3 Å². The van der Waals surface area contributed by atoms with Crippen molar-refractivity contribution >= 4 is 5.69 Å². The molecule has 5 nitrogen and oxygen atoms in total. The number of benzene rings is 1. The largest absolute Gasteiger partial charge is 0.497 e. The molecule has 2 bridgehead atoms. The van der Waals surface area contributed by atoms with Gasteiger partial charge in [0.05, 0.1) is 31.8 Å². The lowest BCUT2D eigenvalue weighted by atomic mass is 9.79. The van der Waals surface area contributed by atoms with Gasteiger partial charge in [0.15, 0.2) is 0 Å². The van der Waals surface area contributed by atoms with Gasteiger partial charge in [-0.3, -0.25) is 9.88 Å². The maximum absolute atomic E-state index is 5.48. The van der Waals surface area contributed by atoms with Crippen molar-refractivity contribution in [3.8, 4) is 22.8 Å². The molecule has 0 aliphatic carbocycles. The maximum atomic E-state index is 5.48. The summed E-state index contributed by atoms with van der Waals surface area (Å²) in [4.78, 5) is 7.27. The summed E-state index contributed by atoms with van der Waals surface area (Å²) in [6, 6.07) is 11.0. The fourth-order valence-corrected chi connectivity index (χ4v) is 4.39. The van der Waals surface area contributed by atoms with E-state index in [0.717, 1.165) is 34.4 Å². The molecule has 5 heteroatoms. The summed E-state index contributed by atoms with van der Waals surface area (Å²) in [5, 5.41) is 3.73. The predicted octanol–water partition coefficient (Wildman–Crippen LogP) is 3.66. The molecule has 138 valence electrons. The molecule has 1 aromatic heterocycles. The SMILES string of the molecule is COc1ccc(OC)c(-c2ccc(NC3C4CCN(CC4)C3C)cn2)c1. The second kappa shape index (κ2) is 7.16. The van der Waals surface area contributed by atoms with Crippen LogP contribution in [0.25, 0.3) is 11.3 Å². The van der Waals surface area contributed by atoms with E-state index in [0.29, 0.717) is 12.1 Å². The van der Waals surface area contributed by atoms with E-state index >= 15 is 0 Å². The lowest BCUT2D eigenvalue weighted by Gasteiger charge is -2.50. The molecule has 26 heavy (non-hydrogen) atoms. The first-order valence-corrected chi connectivity index (χ1v) is 9.38. The van der Waals surface area contributed by atoms with E-state index in [2.05, 4.69) is 28.2 Å². The Balaban J connectivity index is 1.54. The maximum Gasteiger partial charge on any atom is 0.128 e. The Morgan fingerprint density at radius 3 is 2.50 bits per heavy atom. The van der Waals surface area contributed by atoms with Crippen LogP contribution in [0.3, 0.4) is 0 Å². The van der Waals surface area contributed by atoms with Crippen molar-refractivity contribution in [1.82, 2.24) is 9.88 Å². The molecule has 1 aromatic carbocycles. The van der Waals surface area contributed by atoms with E-state index in [-0.39, 0.29) is 0 Å². The van der Waals surface area contributed by atoms with Crippen molar-refractivity contribution < 1.29 is 9.47 Å². The van der Waals surface area contributed by atoms with Crippen LogP contribution in [0.5, 0.6) is 11.5 Å². The van der Waals surface area contributed by atoms with Crippen molar-refractivity contribution in [3.63, 3.8) is 0 Å². The number of aromatic nitrogens is 1. The summed E-state index contributed by atoms with van der Waals surface area (Å²) in [7, 11) is 3.34. The van der Waals surface area contributed by atoms with Gasteiger partial charge in [-0.25, -0.2) is 0 Å². The number of methoxy groups -OCH3 is 2. The topological polar surface area (TPSA) is 46.6 Å². The van der Waals surface area contributed by atoms with Gasteiger partial charge < -0.3 is 14.8 Å². The Bertz CT molecular complexity index is 752. The minimum absolute atomic E-state index is 0.511. The first-order valence-electron chi connectivity index (χ1n) is 9.38. The number of pyridine rings is 1. The highest BCUT2D eigenvalue weighted by molar-refractivity contribution is 5.70. The Morgan fingerprint density at radius 2 is 1.88 bits per heavy atom. The van der Waals surface area contributed by atoms with Crippen molar-refractivity contribution in [3.05, 3.63) is 36.5 Å². The Hall–Kier alpha value is -2.27. The van der Waals surface area contributed by atoms with Crippen molar-refractivity contribution in [2.45, 2.75) is 31.8 Å². The molecule has 3 aliphatic heterocycles. The number of rotatable bonds is 5. The number of piperidine rings is 3. The van der Waals surface area contributed by atoms with Crippen LogP contribution in [0.4, 0.5) is 5.69 Å². The zero-order valence-corrected chi connectivity index (χ0v) is 15.7. The predicted molar refractivity (Wildman–Crippen MR) is 104 cm³/mol. The molecule has 2 atom stereocenters. The molecule has 1 N–H and O–H groups in total. The van der Waals surface area contributed by atoms with Gasteiger partial charge in [0.2, 0.25) is 0 Å². The van der Waals surface area contributed by atoms with E-state index in [1.807, 2.05) is 30.5 Å². The average molecular weight is 353 g/mol. The van der Waals surface area contributed by atoms with Gasteiger partial charge in [0, 0.05) is 17.6 Å². The van der Waals surface area contributed by atoms with Gasteiger partial charge in [-0.05, 0) is 69.1 Å². The first kappa shape index (κ1) is 17.2. The molecule has 0 spiro atoms. The molecule has 3 aliphatic rings. The van der Waals surface area contributed by atoms with Gasteiger partial charge in [-0.2, -0.15) is 0 Å². The van der Waals surface area contributed by atoms with Crippen LogP contribution >= 0.6 is 0 Å². The summed E-state index contributed by atoms with van der Waals surface area (Å²) >= 11 is 0. The standard InChI is InChI=1S/C21H27N3O2/c1-14-21(15-8-10-24(14)11-9-15)23-16-4-6-19(22-13-16)18-12-17(25-2)5-7-20(18)26-3/h4-7,12-15,21,23H,8-11H2,1-3H3. The Morgan fingerprint density at radius 1 is 1.08 bits per heavy atom. The normalized spacial score (nSPS) is 27.2. The van der Waals surface area contributed by atoms with Crippen LogP contribution in [-0.2, 0) is 0 Å². The molecule has 3 fully saturated rings. The number of nitrogens with zero attached hydrogens (tertiary/aromatic N) is 2. The fourth-order valence-electron chi connectivity index (χ4n) is 4.39. The monoisotopic (exact) mass is 353 g/mol. The first-order chi connectivity index (χ1) is 12.7. The molecular formula is C21H27N3O2. The highest BCUT2D eigenvalue weighted by Gasteiger charge is 2.39. The summed E-state index contributed by atoms with van der Waals surface area (Å²) in [6.07, 6.45) is 4.53. The summed E-state index contributed by atoms with van der Waals surface area (Å²) in [5.41, 5.74) is 2.91. The molecular weight excluding hydrogens is 326 g/mol. The van der Waals surface area contributed by atoms with Crippen molar-refractivity contribution in [2.24, 2.45) is 5.92 Å². The fraction of sp³-hybridized carbons (Fsp3) is 0.476. The highest BCUT2D eigenvalue weighted by Crippen LogP contribution is 2.35. The van der Waals surface area contributed by atoms with E-state index in [4.69, 9.17) is 9.47 Å². The van der Waals surface area contributed by atoms with E-state index in [9.17, 15) is 0 Å². The Kier molecular flexibility index (Phi) is 4.72. The molecule has 4 heterocycles. The van der Waals surface area contributed by atoms with Gasteiger partial charge in [-0.1, -0.05) is 0 Å². The quantitative estimate of drug-likeness (QED) is 0.889.